The lowest BCUT2D eigenvalue weighted by Gasteiger charge is -2.41. The fourth-order valence-corrected chi connectivity index (χ4v) is 2.93. The van der Waals surface area contributed by atoms with Crippen molar-refractivity contribution >= 4 is 0 Å². The molecular weight excluding hydrogens is 412 g/mol. The maximum absolute atomic E-state index is 11.7. The minimum absolute atomic E-state index is 0.522. The number of nitrogens with zero attached hydrogens (tertiary/aromatic N) is 1. The lowest BCUT2D eigenvalue weighted by atomic mass is 9.99. The topological polar surface area (TPSA) is 235 Å². The van der Waals surface area contributed by atoms with E-state index in [1.165, 1.54) is 0 Å². The van der Waals surface area contributed by atoms with Gasteiger partial charge in [-0.3, -0.25) is 14.3 Å². The molecule has 0 radical (unpaired) electrons. The zero-order valence-electron chi connectivity index (χ0n) is 15.6. The Morgan fingerprint density at radius 2 is 1.73 bits per heavy atom. The van der Waals surface area contributed by atoms with Crippen LogP contribution in [0.1, 0.15) is 0 Å². The van der Waals surface area contributed by atoms with Crippen LogP contribution in [0.2, 0.25) is 0 Å². The third-order valence-electron chi connectivity index (χ3n) is 4.74. The number of aromatic nitrogens is 2. The summed E-state index contributed by atoms with van der Waals surface area (Å²) in [5, 5.41) is 78.6. The number of rotatable bonds is 9. The van der Waals surface area contributed by atoms with Crippen molar-refractivity contribution in [3.63, 3.8) is 0 Å². The standard InChI is InChI=1S/C16H26N2O12/c19-4-7(29-15-14(27)13(26)12(25)8(5-20)30-15)11(24)10(23)6(21)3-18-2-1-9(22)17-16(18)28/h1-2,6-8,10-15,19-21,23-27H,3-5H2,(H,17,22,28)/t6-,7+,8-,10-,11-,12+,13+,14+,15-/m1/s1. The fourth-order valence-electron chi connectivity index (χ4n) is 2.93. The zero-order chi connectivity index (χ0) is 22.6. The van der Waals surface area contributed by atoms with Gasteiger partial charge in [-0.1, -0.05) is 0 Å². The third-order valence-corrected chi connectivity index (χ3v) is 4.74. The molecule has 0 amide bonds. The summed E-state index contributed by atoms with van der Waals surface area (Å²) in [6.45, 7) is -2.17. The van der Waals surface area contributed by atoms with Crippen molar-refractivity contribution < 1.29 is 50.3 Å². The molecule has 2 heterocycles. The highest BCUT2D eigenvalue weighted by Crippen LogP contribution is 2.24. The summed E-state index contributed by atoms with van der Waals surface area (Å²) < 4.78 is 11.2. The lowest BCUT2D eigenvalue weighted by molar-refractivity contribution is -0.322. The highest BCUT2D eigenvalue weighted by atomic mass is 16.7. The van der Waals surface area contributed by atoms with Crippen molar-refractivity contribution in [2.75, 3.05) is 13.2 Å². The van der Waals surface area contributed by atoms with Gasteiger partial charge in [0.05, 0.1) is 19.8 Å². The van der Waals surface area contributed by atoms with E-state index in [2.05, 4.69) is 0 Å². The van der Waals surface area contributed by atoms with Crippen molar-refractivity contribution in [1.82, 2.24) is 9.55 Å². The molecule has 0 aromatic carbocycles. The molecule has 1 aromatic rings. The van der Waals surface area contributed by atoms with E-state index in [-0.39, 0.29) is 0 Å². The number of ether oxygens (including phenoxy) is 2. The number of hydrogen-bond acceptors (Lipinski definition) is 12. The molecule has 0 spiro atoms. The normalized spacial score (nSPS) is 31.1. The van der Waals surface area contributed by atoms with Crippen molar-refractivity contribution in [3.05, 3.63) is 33.1 Å². The van der Waals surface area contributed by atoms with Crippen LogP contribution in [0.25, 0.3) is 0 Å². The van der Waals surface area contributed by atoms with E-state index in [1.54, 1.807) is 0 Å². The van der Waals surface area contributed by atoms with Gasteiger partial charge < -0.3 is 50.3 Å². The molecular formula is C16H26N2O12. The predicted octanol–water partition coefficient (Wildman–Crippen LogP) is -6.20. The number of hydrogen-bond donors (Lipinski definition) is 9. The molecule has 1 aliphatic heterocycles. The Balaban J connectivity index is 2.05. The predicted molar refractivity (Wildman–Crippen MR) is 95.1 cm³/mol. The van der Waals surface area contributed by atoms with Gasteiger partial charge in [0, 0.05) is 12.3 Å². The molecule has 0 bridgehead atoms. The van der Waals surface area contributed by atoms with E-state index in [1.807, 2.05) is 4.98 Å². The maximum atomic E-state index is 11.7. The summed E-state index contributed by atoms with van der Waals surface area (Å²) >= 11 is 0. The smallest absolute Gasteiger partial charge is 0.328 e. The second kappa shape index (κ2) is 10.5. The molecule has 0 aliphatic carbocycles. The van der Waals surface area contributed by atoms with Crippen molar-refractivity contribution in [3.8, 4) is 0 Å². The van der Waals surface area contributed by atoms with Gasteiger partial charge in [0.1, 0.15) is 48.8 Å². The number of aromatic amines is 1. The zero-order valence-corrected chi connectivity index (χ0v) is 15.6. The van der Waals surface area contributed by atoms with Crippen LogP contribution in [-0.4, -0.2) is 119 Å². The molecule has 9 atom stereocenters. The molecule has 2 rings (SSSR count). The summed E-state index contributed by atoms with van der Waals surface area (Å²) in [4.78, 5) is 24.7. The van der Waals surface area contributed by atoms with E-state index in [0.29, 0.717) is 0 Å². The van der Waals surface area contributed by atoms with Crippen molar-refractivity contribution in [1.29, 1.82) is 0 Å². The van der Waals surface area contributed by atoms with Gasteiger partial charge in [-0.05, 0) is 0 Å². The number of H-pyrrole nitrogens is 1. The molecule has 30 heavy (non-hydrogen) atoms. The van der Waals surface area contributed by atoms with Crippen molar-refractivity contribution in [2.24, 2.45) is 0 Å². The fraction of sp³-hybridized carbons (Fsp3) is 0.750. The first kappa shape index (κ1) is 24.5. The highest BCUT2D eigenvalue weighted by molar-refractivity contribution is 4.91. The SMILES string of the molecule is O=c1ccn(C[C@@H](O)[C@@H](O)[C@H](O)[C@H](CO)O[C@@H]2O[C@H](CO)[C@H](O)[C@H](O)[C@@H]2O)c(=O)[nH]1. The Bertz CT molecular complexity index is 782. The van der Waals surface area contributed by atoms with Gasteiger partial charge in [0.25, 0.3) is 5.56 Å². The van der Waals surface area contributed by atoms with Gasteiger partial charge in [-0.2, -0.15) is 0 Å². The molecule has 1 saturated heterocycles. The summed E-state index contributed by atoms with van der Waals surface area (Å²) in [5.41, 5.74) is -1.53. The second-order valence-corrected chi connectivity index (χ2v) is 6.87. The first-order valence-electron chi connectivity index (χ1n) is 9.01. The van der Waals surface area contributed by atoms with Crippen LogP contribution in [0.15, 0.2) is 21.9 Å². The Morgan fingerprint density at radius 3 is 2.30 bits per heavy atom. The number of aliphatic hydroxyl groups is 8. The summed E-state index contributed by atoms with van der Waals surface area (Å²) in [7, 11) is 0. The van der Waals surface area contributed by atoms with Gasteiger partial charge in [0.2, 0.25) is 0 Å². The molecule has 14 nitrogen and oxygen atoms in total. The van der Waals surface area contributed by atoms with Crippen LogP contribution in [0.3, 0.4) is 0 Å². The molecule has 1 fully saturated rings. The first-order chi connectivity index (χ1) is 14.1. The van der Waals surface area contributed by atoms with Gasteiger partial charge in [-0.25, -0.2) is 4.79 Å². The molecule has 0 saturated carbocycles. The largest absolute Gasteiger partial charge is 0.394 e. The third kappa shape index (κ3) is 5.50. The van der Waals surface area contributed by atoms with E-state index < -0.39 is 86.1 Å². The number of nitrogens with one attached hydrogen (secondary N) is 1. The summed E-state index contributed by atoms with van der Waals surface area (Å²) in [6.07, 6.45) is -14.4. The quantitative estimate of drug-likeness (QED) is 0.175. The molecule has 1 aromatic heterocycles. The Hall–Kier alpha value is -1.72. The molecule has 1 aliphatic rings. The average molecular weight is 438 g/mol. The Labute approximate surface area is 168 Å². The average Bonchev–Trinajstić information content (AvgIpc) is 2.72. The lowest BCUT2D eigenvalue weighted by Crippen LogP contribution is -2.61. The van der Waals surface area contributed by atoms with Crippen LogP contribution in [0, 0.1) is 0 Å². The maximum Gasteiger partial charge on any atom is 0.328 e. The Morgan fingerprint density at radius 1 is 1.07 bits per heavy atom. The first-order valence-corrected chi connectivity index (χ1v) is 9.01. The monoisotopic (exact) mass is 438 g/mol. The van der Waals surface area contributed by atoms with Crippen molar-refractivity contribution in [2.45, 2.75) is 61.7 Å². The molecule has 172 valence electrons. The van der Waals surface area contributed by atoms with Crippen LogP contribution in [0.5, 0.6) is 0 Å². The minimum atomic E-state index is -1.95. The summed E-state index contributed by atoms with van der Waals surface area (Å²) in [6, 6.07) is 1.01. The van der Waals surface area contributed by atoms with E-state index in [9.17, 15) is 45.3 Å². The molecule has 9 N–H and O–H groups in total. The van der Waals surface area contributed by atoms with Gasteiger partial charge in [0.15, 0.2) is 6.29 Å². The van der Waals surface area contributed by atoms with E-state index >= 15 is 0 Å². The van der Waals surface area contributed by atoms with E-state index in [4.69, 9.17) is 14.6 Å². The van der Waals surface area contributed by atoms with Crippen LogP contribution >= 0.6 is 0 Å². The van der Waals surface area contributed by atoms with Crippen LogP contribution in [-0.2, 0) is 16.0 Å². The van der Waals surface area contributed by atoms with Crippen LogP contribution < -0.4 is 11.2 Å². The number of aliphatic hydroxyl groups excluding tert-OH is 8. The van der Waals surface area contributed by atoms with E-state index in [0.717, 1.165) is 16.8 Å². The molecule has 14 heteroatoms. The van der Waals surface area contributed by atoms with Gasteiger partial charge >= 0.3 is 5.69 Å². The summed E-state index contributed by atoms with van der Waals surface area (Å²) in [5.74, 6) is 0. The molecule has 0 unspecified atom stereocenters. The van der Waals surface area contributed by atoms with Gasteiger partial charge in [-0.15, -0.1) is 0 Å². The Kier molecular flexibility index (Phi) is 8.62. The minimum Gasteiger partial charge on any atom is -0.394 e. The van der Waals surface area contributed by atoms with Crippen LogP contribution in [0.4, 0.5) is 0 Å². The highest BCUT2D eigenvalue weighted by Gasteiger charge is 2.46. The second-order valence-electron chi connectivity index (χ2n) is 6.87.